The molecule has 0 radical (unpaired) electrons. The third-order valence-corrected chi connectivity index (χ3v) is 5.74. The van der Waals surface area contributed by atoms with Crippen LogP contribution in [-0.2, 0) is 0 Å². The van der Waals surface area contributed by atoms with Gasteiger partial charge in [0.15, 0.2) is 0 Å². The van der Waals surface area contributed by atoms with Crippen molar-refractivity contribution in [2.45, 2.75) is 38.1 Å². The summed E-state index contributed by atoms with van der Waals surface area (Å²) >= 11 is 0. The molecule has 2 nitrogen and oxygen atoms in total. The number of para-hydroxylation sites is 2. The van der Waals surface area contributed by atoms with Gasteiger partial charge in [0, 0.05) is 23.3 Å². The number of fused-ring (bicyclic) bond motifs is 3. The second kappa shape index (κ2) is 6.53. The van der Waals surface area contributed by atoms with E-state index in [0.29, 0.717) is 6.04 Å². The highest BCUT2D eigenvalue weighted by Gasteiger charge is 2.27. The second-order valence-corrected chi connectivity index (χ2v) is 7.32. The fraction of sp³-hybridized carbons (Fsp3) is 0.250. The van der Waals surface area contributed by atoms with Crippen LogP contribution in [0.1, 0.15) is 32.1 Å². The zero-order valence-electron chi connectivity index (χ0n) is 15.0. The number of anilines is 2. The van der Waals surface area contributed by atoms with Crippen molar-refractivity contribution in [3.8, 4) is 0 Å². The van der Waals surface area contributed by atoms with Crippen LogP contribution in [0.5, 0.6) is 0 Å². The minimum Gasteiger partial charge on any atom is -0.336 e. The Labute approximate surface area is 154 Å². The van der Waals surface area contributed by atoms with Crippen LogP contribution in [-0.4, -0.2) is 10.4 Å². The molecule has 2 aromatic carbocycles. The van der Waals surface area contributed by atoms with Gasteiger partial charge in [-0.3, -0.25) is 0 Å². The molecule has 2 heteroatoms. The Hall–Kier alpha value is -2.74. The zero-order chi connectivity index (χ0) is 17.3. The first-order chi connectivity index (χ1) is 12.9. The van der Waals surface area contributed by atoms with Gasteiger partial charge in [-0.2, -0.15) is 0 Å². The largest absolute Gasteiger partial charge is 0.336 e. The number of nitrogens with zero attached hydrogens (tertiary/aromatic N) is 2. The summed E-state index contributed by atoms with van der Waals surface area (Å²) in [4.78, 5) is 2.62. The average Bonchev–Trinajstić information content (AvgIpc) is 3.05. The first-order valence-corrected chi connectivity index (χ1v) is 9.75. The van der Waals surface area contributed by atoms with E-state index in [2.05, 4.69) is 88.3 Å². The predicted molar refractivity (Wildman–Crippen MR) is 110 cm³/mol. The smallest absolute Gasteiger partial charge is 0.0752 e. The van der Waals surface area contributed by atoms with Gasteiger partial charge in [-0.25, -0.2) is 0 Å². The van der Waals surface area contributed by atoms with Crippen LogP contribution < -0.4 is 4.90 Å². The van der Waals surface area contributed by atoms with Gasteiger partial charge < -0.3 is 9.30 Å². The van der Waals surface area contributed by atoms with Crippen LogP contribution in [0.15, 0.2) is 79.0 Å². The minimum atomic E-state index is 0.570. The van der Waals surface area contributed by atoms with Crippen LogP contribution in [0.25, 0.3) is 16.4 Å². The standard InChI is InChI=1S/C24H24N2/c1-3-11-19(12-4-1)26(20-13-5-2-6-14-20)24-21-15-7-8-16-22(21)25-18-10-9-17-23(24)25/h1,3-4,7-12,15-18,20H,2,5-6,13-14H2. The number of hydrogen-bond donors (Lipinski definition) is 0. The van der Waals surface area contributed by atoms with Gasteiger partial charge in [-0.05, 0) is 43.2 Å². The molecule has 26 heavy (non-hydrogen) atoms. The first kappa shape index (κ1) is 15.5. The van der Waals surface area contributed by atoms with Crippen LogP contribution in [0.4, 0.5) is 11.4 Å². The lowest BCUT2D eigenvalue weighted by molar-refractivity contribution is 0.437. The fourth-order valence-corrected chi connectivity index (χ4v) is 4.57. The summed E-state index contributed by atoms with van der Waals surface area (Å²) in [5.74, 6) is 0. The monoisotopic (exact) mass is 340 g/mol. The molecule has 2 heterocycles. The van der Waals surface area contributed by atoms with Crippen molar-refractivity contribution in [3.05, 3.63) is 79.0 Å². The van der Waals surface area contributed by atoms with E-state index in [1.807, 2.05) is 0 Å². The van der Waals surface area contributed by atoms with E-state index in [4.69, 9.17) is 0 Å². The molecule has 0 spiro atoms. The van der Waals surface area contributed by atoms with Crippen molar-refractivity contribution in [3.63, 3.8) is 0 Å². The van der Waals surface area contributed by atoms with Gasteiger partial charge in [0.2, 0.25) is 0 Å². The molecule has 4 aromatic rings. The van der Waals surface area contributed by atoms with Gasteiger partial charge in [-0.1, -0.05) is 61.7 Å². The van der Waals surface area contributed by atoms with E-state index in [1.54, 1.807) is 0 Å². The summed E-state index contributed by atoms with van der Waals surface area (Å²) in [5.41, 5.74) is 5.25. The summed E-state index contributed by atoms with van der Waals surface area (Å²) in [6, 6.07) is 26.9. The van der Waals surface area contributed by atoms with Crippen molar-refractivity contribution in [2.75, 3.05) is 4.90 Å². The molecule has 0 unspecified atom stereocenters. The Balaban J connectivity index is 1.80. The number of aromatic nitrogens is 1. The Morgan fingerprint density at radius 1 is 0.692 bits per heavy atom. The van der Waals surface area contributed by atoms with Crippen molar-refractivity contribution in [1.82, 2.24) is 4.40 Å². The highest BCUT2D eigenvalue weighted by Crippen LogP contribution is 2.42. The lowest BCUT2D eigenvalue weighted by atomic mass is 9.93. The molecule has 0 N–H and O–H groups in total. The Bertz CT molecular complexity index is 973. The van der Waals surface area contributed by atoms with E-state index in [-0.39, 0.29) is 0 Å². The quantitative estimate of drug-likeness (QED) is 0.409. The lowest BCUT2D eigenvalue weighted by Gasteiger charge is -2.36. The summed E-state index contributed by atoms with van der Waals surface area (Å²) < 4.78 is 2.34. The van der Waals surface area contributed by atoms with Crippen molar-refractivity contribution in [2.24, 2.45) is 0 Å². The third-order valence-electron chi connectivity index (χ3n) is 5.74. The summed E-state index contributed by atoms with van der Waals surface area (Å²) in [7, 11) is 0. The average molecular weight is 340 g/mol. The number of benzene rings is 2. The minimum absolute atomic E-state index is 0.570. The second-order valence-electron chi connectivity index (χ2n) is 7.32. The van der Waals surface area contributed by atoms with Crippen molar-refractivity contribution < 1.29 is 0 Å². The molecule has 1 fully saturated rings. The number of pyridine rings is 1. The number of hydrogen-bond acceptors (Lipinski definition) is 1. The van der Waals surface area contributed by atoms with E-state index < -0.39 is 0 Å². The van der Waals surface area contributed by atoms with Crippen molar-refractivity contribution >= 4 is 27.8 Å². The molecule has 130 valence electrons. The SMILES string of the molecule is c1ccc(N(c2c3ccccc3n3ccccc23)C2CCCCC2)cc1. The molecule has 5 rings (SSSR count). The normalized spacial score (nSPS) is 15.5. The highest BCUT2D eigenvalue weighted by molar-refractivity contribution is 6.05. The molecule has 1 saturated carbocycles. The maximum Gasteiger partial charge on any atom is 0.0752 e. The third kappa shape index (κ3) is 2.48. The molecule has 0 saturated heterocycles. The predicted octanol–water partition coefficient (Wildman–Crippen LogP) is 6.56. The zero-order valence-corrected chi connectivity index (χ0v) is 15.0. The van der Waals surface area contributed by atoms with Crippen molar-refractivity contribution in [1.29, 1.82) is 0 Å². The molecular formula is C24H24N2. The first-order valence-electron chi connectivity index (χ1n) is 9.75. The van der Waals surface area contributed by atoms with E-state index in [1.165, 1.54) is 59.9 Å². The maximum absolute atomic E-state index is 2.62. The van der Waals surface area contributed by atoms with Gasteiger partial charge in [0.05, 0.1) is 16.7 Å². The molecule has 0 amide bonds. The van der Waals surface area contributed by atoms with E-state index in [0.717, 1.165) is 0 Å². The van der Waals surface area contributed by atoms with Gasteiger partial charge in [0.25, 0.3) is 0 Å². The Morgan fingerprint density at radius 2 is 1.38 bits per heavy atom. The Morgan fingerprint density at radius 3 is 2.23 bits per heavy atom. The van der Waals surface area contributed by atoms with Gasteiger partial charge in [0.1, 0.15) is 0 Å². The lowest BCUT2D eigenvalue weighted by Crippen LogP contribution is -2.32. The Kier molecular flexibility index (Phi) is 3.89. The molecule has 1 aliphatic rings. The number of rotatable bonds is 3. The van der Waals surface area contributed by atoms with E-state index in [9.17, 15) is 0 Å². The summed E-state index contributed by atoms with van der Waals surface area (Å²) in [6.45, 7) is 0. The molecule has 1 aliphatic carbocycles. The molecule has 0 atom stereocenters. The van der Waals surface area contributed by atoms with Crippen LogP contribution in [0.3, 0.4) is 0 Å². The molecule has 0 aliphatic heterocycles. The topological polar surface area (TPSA) is 7.65 Å². The van der Waals surface area contributed by atoms with Gasteiger partial charge in [-0.15, -0.1) is 0 Å². The highest BCUT2D eigenvalue weighted by atomic mass is 15.2. The van der Waals surface area contributed by atoms with E-state index >= 15 is 0 Å². The maximum atomic E-state index is 2.62. The summed E-state index contributed by atoms with van der Waals surface area (Å²) in [6.07, 6.45) is 8.76. The fourth-order valence-electron chi connectivity index (χ4n) is 4.57. The van der Waals surface area contributed by atoms with Gasteiger partial charge >= 0.3 is 0 Å². The van der Waals surface area contributed by atoms with Crippen LogP contribution in [0.2, 0.25) is 0 Å². The molecule has 0 bridgehead atoms. The summed E-state index contributed by atoms with van der Waals surface area (Å²) in [5, 5.41) is 1.34. The molecule has 2 aromatic heterocycles. The molecular weight excluding hydrogens is 316 g/mol. The van der Waals surface area contributed by atoms with Crippen LogP contribution in [0, 0.1) is 0 Å². The van der Waals surface area contributed by atoms with Crippen LogP contribution >= 0.6 is 0 Å².